The molecule has 1 N–H and O–H groups in total. The molecule has 0 unspecified atom stereocenters. The third-order valence-electron chi connectivity index (χ3n) is 7.06. The van der Waals surface area contributed by atoms with Gasteiger partial charge < -0.3 is 15.1 Å². The first kappa shape index (κ1) is 30.5. The molecule has 0 spiro atoms. The zero-order valence-corrected chi connectivity index (χ0v) is 25.5. The highest BCUT2D eigenvalue weighted by molar-refractivity contribution is 7.91. The minimum absolute atomic E-state index is 0.0121. The molecule has 1 aliphatic heterocycles. The normalized spacial score (nSPS) is 14.2. The number of aryl methyl sites for hydroxylation is 1. The zero-order valence-electron chi connectivity index (χ0n) is 24.7. The lowest BCUT2D eigenvalue weighted by molar-refractivity contribution is 0.0947. The molecule has 7 nitrogen and oxygen atoms in total. The Hall–Kier alpha value is -3.49. The van der Waals surface area contributed by atoms with E-state index in [4.69, 9.17) is 0 Å². The van der Waals surface area contributed by atoms with E-state index in [0.717, 1.165) is 37.2 Å². The van der Waals surface area contributed by atoms with Crippen molar-refractivity contribution in [1.82, 2.24) is 10.2 Å². The molecular weight excluding hydrogens is 534 g/mol. The van der Waals surface area contributed by atoms with Gasteiger partial charge in [-0.25, -0.2) is 8.42 Å². The van der Waals surface area contributed by atoms with E-state index in [2.05, 4.69) is 37.9 Å². The van der Waals surface area contributed by atoms with Gasteiger partial charge in [-0.3, -0.25) is 9.59 Å². The van der Waals surface area contributed by atoms with Gasteiger partial charge in [0.25, 0.3) is 11.8 Å². The third-order valence-corrected chi connectivity index (χ3v) is 8.92. The van der Waals surface area contributed by atoms with Crippen LogP contribution < -0.4 is 10.2 Å². The standard InChI is InChI=1S/C33H41N3O4S/c1-23(2)20-35(21-24(3)4)17-9-16-34-32(37)27-14-15-31-29(19-27)36(22-26-11-8-10-25(5)18-26)33(38)28-12-6-7-13-30(28)41(31,39)40/h6-8,10-15,18-19,23-24H,9,16-17,20-22H2,1-5H3,(H,34,37). The van der Waals surface area contributed by atoms with Gasteiger partial charge in [0.05, 0.1) is 27.6 Å². The Kier molecular flexibility index (Phi) is 9.66. The van der Waals surface area contributed by atoms with E-state index < -0.39 is 15.7 Å². The van der Waals surface area contributed by atoms with E-state index in [9.17, 15) is 18.0 Å². The number of rotatable bonds is 11. The Morgan fingerprint density at radius 1 is 0.902 bits per heavy atom. The fourth-order valence-corrected chi connectivity index (χ4v) is 7.03. The van der Waals surface area contributed by atoms with Gasteiger partial charge in [-0.2, -0.15) is 0 Å². The molecule has 3 aromatic carbocycles. The summed E-state index contributed by atoms with van der Waals surface area (Å²) in [6, 6.07) is 18.5. The van der Waals surface area contributed by atoms with Crippen molar-refractivity contribution in [3.8, 4) is 0 Å². The first-order chi connectivity index (χ1) is 19.5. The zero-order chi connectivity index (χ0) is 29.7. The number of carbonyl (C=O) groups is 2. The van der Waals surface area contributed by atoms with Crippen molar-refractivity contribution in [1.29, 1.82) is 0 Å². The quantitative estimate of drug-likeness (QED) is 0.296. The highest BCUT2D eigenvalue weighted by Crippen LogP contribution is 2.38. The average Bonchev–Trinajstić information content (AvgIpc) is 2.98. The minimum Gasteiger partial charge on any atom is -0.352 e. The Morgan fingerprint density at radius 2 is 1.61 bits per heavy atom. The van der Waals surface area contributed by atoms with Crippen LogP contribution in [-0.4, -0.2) is 51.3 Å². The SMILES string of the molecule is Cc1cccc(CN2C(=O)c3ccccc3S(=O)(=O)c3ccc(C(=O)NCCCN(CC(C)C)CC(C)C)cc32)c1. The lowest BCUT2D eigenvalue weighted by atomic mass is 10.1. The number of fused-ring (bicyclic) bond motifs is 2. The number of nitrogens with one attached hydrogen (secondary N) is 1. The van der Waals surface area contributed by atoms with E-state index in [1.165, 1.54) is 29.2 Å². The maximum Gasteiger partial charge on any atom is 0.259 e. The van der Waals surface area contributed by atoms with Gasteiger partial charge in [-0.1, -0.05) is 69.7 Å². The molecule has 1 aliphatic rings. The predicted molar refractivity (Wildman–Crippen MR) is 163 cm³/mol. The lowest BCUT2D eigenvalue weighted by Gasteiger charge is -2.26. The molecule has 41 heavy (non-hydrogen) atoms. The number of benzene rings is 3. The van der Waals surface area contributed by atoms with Crippen LogP contribution in [0.25, 0.3) is 0 Å². The minimum atomic E-state index is -4.00. The van der Waals surface area contributed by atoms with Crippen LogP contribution in [0.15, 0.2) is 76.5 Å². The van der Waals surface area contributed by atoms with Crippen molar-refractivity contribution in [3.63, 3.8) is 0 Å². The third kappa shape index (κ3) is 7.24. The van der Waals surface area contributed by atoms with Gasteiger partial charge in [0, 0.05) is 25.2 Å². The van der Waals surface area contributed by atoms with Crippen LogP contribution in [-0.2, 0) is 16.4 Å². The summed E-state index contributed by atoms with van der Waals surface area (Å²) in [5.74, 6) is 0.415. The summed E-state index contributed by atoms with van der Waals surface area (Å²) < 4.78 is 27.5. The number of amides is 2. The maximum atomic E-state index is 13.8. The highest BCUT2D eigenvalue weighted by atomic mass is 32.2. The molecule has 1 heterocycles. The summed E-state index contributed by atoms with van der Waals surface area (Å²) in [5, 5.41) is 2.99. The Balaban J connectivity index is 1.61. The van der Waals surface area contributed by atoms with Crippen LogP contribution in [0.1, 0.15) is 66.0 Å². The summed E-state index contributed by atoms with van der Waals surface area (Å²) in [5.41, 5.74) is 2.54. The number of hydrogen-bond acceptors (Lipinski definition) is 5. The van der Waals surface area contributed by atoms with Crippen LogP contribution in [0.4, 0.5) is 5.69 Å². The smallest absolute Gasteiger partial charge is 0.259 e. The topological polar surface area (TPSA) is 86.8 Å². The van der Waals surface area contributed by atoms with Crippen LogP contribution >= 0.6 is 0 Å². The maximum absolute atomic E-state index is 13.8. The van der Waals surface area contributed by atoms with E-state index in [1.807, 2.05) is 31.2 Å². The molecule has 8 heteroatoms. The monoisotopic (exact) mass is 575 g/mol. The highest BCUT2D eigenvalue weighted by Gasteiger charge is 2.36. The average molecular weight is 576 g/mol. The van der Waals surface area contributed by atoms with Gasteiger partial charge in [-0.05, 0) is 67.6 Å². The fourth-order valence-electron chi connectivity index (χ4n) is 5.39. The second kappa shape index (κ2) is 13.0. The van der Waals surface area contributed by atoms with Crippen LogP contribution in [0, 0.1) is 18.8 Å². The second-order valence-electron chi connectivity index (χ2n) is 11.7. The molecule has 0 atom stereocenters. The van der Waals surface area contributed by atoms with Crippen molar-refractivity contribution in [2.24, 2.45) is 11.8 Å². The number of nitrogens with zero attached hydrogens (tertiary/aromatic N) is 2. The van der Waals surface area contributed by atoms with Gasteiger partial charge in [0.1, 0.15) is 0 Å². The molecule has 0 fully saturated rings. The first-order valence-electron chi connectivity index (χ1n) is 14.3. The van der Waals surface area contributed by atoms with E-state index in [0.29, 0.717) is 23.9 Å². The second-order valence-corrected chi connectivity index (χ2v) is 13.6. The van der Waals surface area contributed by atoms with E-state index >= 15 is 0 Å². The molecule has 0 aromatic heterocycles. The lowest BCUT2D eigenvalue weighted by Crippen LogP contribution is -2.34. The van der Waals surface area contributed by atoms with Crippen LogP contribution in [0.3, 0.4) is 0 Å². The summed E-state index contributed by atoms with van der Waals surface area (Å²) >= 11 is 0. The molecule has 0 aliphatic carbocycles. The van der Waals surface area contributed by atoms with E-state index in [-0.39, 0.29) is 33.5 Å². The van der Waals surface area contributed by atoms with E-state index in [1.54, 1.807) is 18.2 Å². The number of carbonyl (C=O) groups excluding carboxylic acids is 2. The molecule has 0 bridgehead atoms. The molecule has 0 radical (unpaired) electrons. The summed E-state index contributed by atoms with van der Waals surface area (Å²) in [7, 11) is -4.00. The van der Waals surface area contributed by atoms with Gasteiger partial charge in [0.15, 0.2) is 0 Å². The molecule has 3 aromatic rings. The molecule has 4 rings (SSSR count). The van der Waals surface area contributed by atoms with Crippen molar-refractivity contribution in [2.75, 3.05) is 31.1 Å². The van der Waals surface area contributed by atoms with Gasteiger partial charge in [-0.15, -0.1) is 0 Å². The first-order valence-corrected chi connectivity index (χ1v) is 15.8. The largest absolute Gasteiger partial charge is 0.352 e. The summed E-state index contributed by atoms with van der Waals surface area (Å²) in [6.45, 7) is 14.4. The molecule has 218 valence electrons. The summed E-state index contributed by atoms with van der Waals surface area (Å²) in [4.78, 5) is 30.9. The number of anilines is 1. The predicted octanol–water partition coefficient (Wildman–Crippen LogP) is 5.72. The van der Waals surface area contributed by atoms with Crippen molar-refractivity contribution >= 4 is 27.3 Å². The Labute approximate surface area is 244 Å². The van der Waals surface area contributed by atoms with Crippen molar-refractivity contribution < 1.29 is 18.0 Å². The number of sulfone groups is 1. The molecule has 2 amide bonds. The van der Waals surface area contributed by atoms with Gasteiger partial charge in [0.2, 0.25) is 9.84 Å². The van der Waals surface area contributed by atoms with Crippen LogP contribution in [0.2, 0.25) is 0 Å². The fraction of sp³-hybridized carbons (Fsp3) is 0.394. The van der Waals surface area contributed by atoms with Crippen molar-refractivity contribution in [2.45, 2.75) is 57.4 Å². The molecule has 0 saturated heterocycles. The number of hydrogen-bond donors (Lipinski definition) is 1. The molecular formula is C33H41N3O4S. The Morgan fingerprint density at radius 3 is 2.29 bits per heavy atom. The van der Waals surface area contributed by atoms with Crippen molar-refractivity contribution in [3.05, 3.63) is 89.0 Å². The van der Waals surface area contributed by atoms with Gasteiger partial charge >= 0.3 is 0 Å². The summed E-state index contributed by atoms with van der Waals surface area (Å²) in [6.07, 6.45) is 0.803. The Bertz CT molecular complexity index is 1500. The van der Waals surface area contributed by atoms with Crippen LogP contribution in [0.5, 0.6) is 0 Å². The molecule has 0 saturated carbocycles.